The molecule has 3 rings (SSSR count). The number of para-hydroxylation sites is 1. The summed E-state index contributed by atoms with van der Waals surface area (Å²) in [5.41, 5.74) is 4.93. The summed E-state index contributed by atoms with van der Waals surface area (Å²) in [6, 6.07) is 9.41. The fraction of sp³-hybridized carbons (Fsp3) is 0.471. The van der Waals surface area contributed by atoms with E-state index in [1.54, 1.807) is 0 Å². The average Bonchev–Trinajstić information content (AvgIpc) is 2.90. The van der Waals surface area contributed by atoms with Crippen LogP contribution in [0.15, 0.2) is 24.3 Å². The molecule has 1 aliphatic rings. The van der Waals surface area contributed by atoms with Gasteiger partial charge in [0.15, 0.2) is 0 Å². The topological polar surface area (TPSA) is 24.9 Å². The number of hydrogen-bond acceptors (Lipinski definition) is 2. The number of hydrogen-bond donors (Lipinski definition) is 1. The maximum atomic E-state index is 4.69. The first-order chi connectivity index (χ1) is 9.24. The lowest BCUT2D eigenvalue weighted by atomic mass is 10.0. The fourth-order valence-electron chi connectivity index (χ4n) is 3.14. The van der Waals surface area contributed by atoms with Crippen LogP contribution in [0.3, 0.4) is 0 Å². The van der Waals surface area contributed by atoms with Gasteiger partial charge in [0.05, 0.1) is 5.52 Å². The van der Waals surface area contributed by atoms with E-state index in [2.05, 4.69) is 48.4 Å². The molecular weight excluding hydrogens is 232 g/mol. The Kier molecular flexibility index (Phi) is 3.52. The molecule has 0 amide bonds. The largest absolute Gasteiger partial charge is 0.310 e. The van der Waals surface area contributed by atoms with E-state index in [-0.39, 0.29) is 0 Å². The molecule has 0 bridgehead atoms. The molecule has 1 aliphatic carbocycles. The van der Waals surface area contributed by atoms with Gasteiger partial charge in [0, 0.05) is 23.7 Å². The Balaban J connectivity index is 1.91. The van der Waals surface area contributed by atoms with Gasteiger partial charge in [-0.3, -0.25) is 4.98 Å². The van der Waals surface area contributed by atoms with Crippen LogP contribution in [0.1, 0.15) is 42.5 Å². The number of nitrogens with zero attached hydrogens (tertiary/aromatic N) is 1. The van der Waals surface area contributed by atoms with Crippen LogP contribution in [0, 0.1) is 13.8 Å². The molecule has 1 aromatic heterocycles. The van der Waals surface area contributed by atoms with Crippen molar-refractivity contribution in [3.63, 3.8) is 0 Å². The van der Waals surface area contributed by atoms with Crippen LogP contribution < -0.4 is 5.32 Å². The molecule has 0 radical (unpaired) electrons. The minimum absolute atomic E-state index is 0.716. The van der Waals surface area contributed by atoms with Crippen LogP contribution in [0.5, 0.6) is 0 Å². The molecule has 0 spiro atoms. The standard InChI is InChI=1S/C17H22N2/c1-12-6-5-9-16-14(10-13(2)19-17(12)16)11-18-15-7-3-4-8-15/h5-6,9-10,15,18H,3-4,7-8,11H2,1-2H3. The maximum absolute atomic E-state index is 4.69. The highest BCUT2D eigenvalue weighted by Crippen LogP contribution is 2.23. The molecule has 0 atom stereocenters. The minimum atomic E-state index is 0.716. The molecule has 2 heteroatoms. The molecule has 1 saturated carbocycles. The zero-order chi connectivity index (χ0) is 13.2. The number of nitrogens with one attached hydrogen (secondary N) is 1. The molecule has 1 N–H and O–H groups in total. The Bertz CT molecular complexity index is 583. The maximum Gasteiger partial charge on any atom is 0.0737 e. The lowest BCUT2D eigenvalue weighted by Gasteiger charge is -2.14. The molecule has 2 aromatic rings. The van der Waals surface area contributed by atoms with E-state index >= 15 is 0 Å². The third-order valence-electron chi connectivity index (χ3n) is 4.19. The predicted octanol–water partition coefficient (Wildman–Crippen LogP) is 3.88. The van der Waals surface area contributed by atoms with E-state index in [4.69, 9.17) is 0 Å². The SMILES string of the molecule is Cc1cc(CNC2CCCC2)c2cccc(C)c2n1. The van der Waals surface area contributed by atoms with Crippen LogP contribution in [-0.2, 0) is 6.54 Å². The van der Waals surface area contributed by atoms with E-state index in [1.165, 1.54) is 42.2 Å². The quantitative estimate of drug-likeness (QED) is 0.899. The van der Waals surface area contributed by atoms with Crippen LogP contribution >= 0.6 is 0 Å². The molecular formula is C17H22N2. The van der Waals surface area contributed by atoms with E-state index < -0.39 is 0 Å². The highest BCUT2D eigenvalue weighted by Gasteiger charge is 2.14. The third-order valence-corrected chi connectivity index (χ3v) is 4.19. The second kappa shape index (κ2) is 5.30. The minimum Gasteiger partial charge on any atom is -0.310 e. The monoisotopic (exact) mass is 254 g/mol. The molecule has 0 aliphatic heterocycles. The van der Waals surface area contributed by atoms with Gasteiger partial charge >= 0.3 is 0 Å². The van der Waals surface area contributed by atoms with Gasteiger partial charge in [0.2, 0.25) is 0 Å². The van der Waals surface area contributed by atoms with E-state index in [9.17, 15) is 0 Å². The first-order valence-electron chi connectivity index (χ1n) is 7.33. The number of benzene rings is 1. The number of rotatable bonds is 3. The van der Waals surface area contributed by atoms with Gasteiger partial charge in [-0.05, 0) is 43.9 Å². The smallest absolute Gasteiger partial charge is 0.0737 e. The number of pyridine rings is 1. The summed E-state index contributed by atoms with van der Waals surface area (Å²) in [5, 5.41) is 5.01. The van der Waals surface area contributed by atoms with E-state index in [0.29, 0.717) is 6.04 Å². The highest BCUT2D eigenvalue weighted by atomic mass is 14.9. The molecule has 100 valence electrons. The third kappa shape index (κ3) is 2.64. The van der Waals surface area contributed by atoms with Gasteiger partial charge < -0.3 is 5.32 Å². The van der Waals surface area contributed by atoms with E-state index in [0.717, 1.165) is 17.8 Å². The van der Waals surface area contributed by atoms with Gasteiger partial charge in [0.1, 0.15) is 0 Å². The zero-order valence-electron chi connectivity index (χ0n) is 11.9. The lowest BCUT2D eigenvalue weighted by molar-refractivity contribution is 0.525. The highest BCUT2D eigenvalue weighted by molar-refractivity contribution is 5.85. The average molecular weight is 254 g/mol. The van der Waals surface area contributed by atoms with Crippen molar-refractivity contribution < 1.29 is 0 Å². The van der Waals surface area contributed by atoms with Crippen molar-refractivity contribution in [3.05, 3.63) is 41.1 Å². The van der Waals surface area contributed by atoms with Crippen molar-refractivity contribution >= 4 is 10.9 Å². The molecule has 1 aromatic carbocycles. The van der Waals surface area contributed by atoms with Crippen molar-refractivity contribution in [1.29, 1.82) is 0 Å². The Morgan fingerprint density at radius 2 is 2.00 bits per heavy atom. The second-order valence-corrected chi connectivity index (χ2v) is 5.76. The first-order valence-corrected chi connectivity index (χ1v) is 7.33. The van der Waals surface area contributed by atoms with Crippen LogP contribution in [-0.4, -0.2) is 11.0 Å². The van der Waals surface area contributed by atoms with Crippen LogP contribution in [0.25, 0.3) is 10.9 Å². The molecule has 0 unspecified atom stereocenters. The lowest BCUT2D eigenvalue weighted by Crippen LogP contribution is -2.25. The first kappa shape index (κ1) is 12.6. The Morgan fingerprint density at radius 3 is 2.79 bits per heavy atom. The van der Waals surface area contributed by atoms with Crippen molar-refractivity contribution in [3.8, 4) is 0 Å². The Morgan fingerprint density at radius 1 is 1.21 bits per heavy atom. The summed E-state index contributed by atoms with van der Waals surface area (Å²) in [7, 11) is 0. The van der Waals surface area contributed by atoms with Crippen molar-refractivity contribution in [2.45, 2.75) is 52.1 Å². The molecule has 1 heterocycles. The van der Waals surface area contributed by atoms with Gasteiger partial charge in [-0.1, -0.05) is 31.0 Å². The van der Waals surface area contributed by atoms with Gasteiger partial charge in [-0.15, -0.1) is 0 Å². The number of fused-ring (bicyclic) bond motifs is 1. The Hall–Kier alpha value is -1.41. The predicted molar refractivity (Wildman–Crippen MR) is 80.3 cm³/mol. The summed E-state index contributed by atoms with van der Waals surface area (Å²) < 4.78 is 0. The van der Waals surface area contributed by atoms with Crippen molar-refractivity contribution in [1.82, 2.24) is 10.3 Å². The van der Waals surface area contributed by atoms with Crippen LogP contribution in [0.2, 0.25) is 0 Å². The van der Waals surface area contributed by atoms with Crippen LogP contribution in [0.4, 0.5) is 0 Å². The Labute approximate surface area is 115 Å². The van der Waals surface area contributed by atoms with E-state index in [1.807, 2.05) is 0 Å². The molecule has 2 nitrogen and oxygen atoms in total. The molecule has 19 heavy (non-hydrogen) atoms. The van der Waals surface area contributed by atoms with Gasteiger partial charge in [-0.25, -0.2) is 0 Å². The second-order valence-electron chi connectivity index (χ2n) is 5.76. The van der Waals surface area contributed by atoms with Gasteiger partial charge in [0.25, 0.3) is 0 Å². The number of aryl methyl sites for hydroxylation is 2. The molecule has 1 fully saturated rings. The van der Waals surface area contributed by atoms with Crippen molar-refractivity contribution in [2.24, 2.45) is 0 Å². The normalized spacial score (nSPS) is 16.3. The van der Waals surface area contributed by atoms with Crippen molar-refractivity contribution in [2.75, 3.05) is 0 Å². The van der Waals surface area contributed by atoms with Gasteiger partial charge in [-0.2, -0.15) is 0 Å². The number of aromatic nitrogens is 1. The zero-order valence-corrected chi connectivity index (χ0v) is 11.9. The fourth-order valence-corrected chi connectivity index (χ4v) is 3.14. The molecule has 0 saturated heterocycles. The summed E-state index contributed by atoms with van der Waals surface area (Å²) >= 11 is 0. The summed E-state index contributed by atoms with van der Waals surface area (Å²) in [5.74, 6) is 0. The summed E-state index contributed by atoms with van der Waals surface area (Å²) in [6.07, 6.45) is 5.43. The summed E-state index contributed by atoms with van der Waals surface area (Å²) in [6.45, 7) is 5.20. The summed E-state index contributed by atoms with van der Waals surface area (Å²) in [4.78, 5) is 4.69.